The van der Waals surface area contributed by atoms with Gasteiger partial charge in [-0.15, -0.1) is 0 Å². The maximum absolute atomic E-state index is 13.5. The number of hydrogen-bond acceptors (Lipinski definition) is 6. The largest absolute Gasteiger partial charge is 0.364 e. The first kappa shape index (κ1) is 23.3. The molecule has 33 heavy (non-hydrogen) atoms. The summed E-state index contributed by atoms with van der Waals surface area (Å²) in [5.41, 5.74) is 0.404. The molecular weight excluding hydrogens is 483 g/mol. The summed E-state index contributed by atoms with van der Waals surface area (Å²) < 4.78 is 67.3. The zero-order valence-corrected chi connectivity index (χ0v) is 18.9. The van der Waals surface area contributed by atoms with Crippen molar-refractivity contribution < 1.29 is 21.6 Å². The van der Waals surface area contributed by atoms with Gasteiger partial charge in [0.15, 0.2) is 14.9 Å². The maximum Gasteiger partial charge on any atom is 0.285 e. The lowest BCUT2D eigenvalue weighted by Gasteiger charge is -2.29. The van der Waals surface area contributed by atoms with Crippen molar-refractivity contribution in [3.8, 4) is 0 Å². The second kappa shape index (κ2) is 8.82. The quantitative estimate of drug-likeness (QED) is 0.557. The fourth-order valence-corrected chi connectivity index (χ4v) is 5.12. The number of aromatic nitrogens is 4. The van der Waals surface area contributed by atoms with Crippen LogP contribution in [0.2, 0.25) is 5.02 Å². The standard InChI is InChI=1S/C20H19ClF3N5O3S/c1-2-33(31,32)20-14-10-28(16-8-25-26-19(30)17(16)21)6-5-15(14)29(27-20)9-11-3-4-12(22)7-13(11)18(23)24/h3-4,7-8,18H,2,5-6,9-10H2,1H3,(H,26,30). The Labute approximate surface area is 191 Å². The summed E-state index contributed by atoms with van der Waals surface area (Å²) in [6.45, 7) is 1.78. The molecule has 0 unspecified atom stereocenters. The van der Waals surface area contributed by atoms with Crippen LogP contribution in [0.4, 0.5) is 18.9 Å². The second-order valence-corrected chi connectivity index (χ2v) is 10.1. The molecule has 1 aliphatic heterocycles. The molecule has 0 radical (unpaired) electrons. The van der Waals surface area contributed by atoms with Crippen molar-refractivity contribution in [3.63, 3.8) is 0 Å². The minimum atomic E-state index is -3.75. The zero-order chi connectivity index (χ0) is 23.9. The van der Waals surface area contributed by atoms with Crippen LogP contribution in [0.15, 0.2) is 34.2 Å². The van der Waals surface area contributed by atoms with Gasteiger partial charge in [-0.2, -0.15) is 10.2 Å². The molecule has 0 amide bonds. The van der Waals surface area contributed by atoms with Gasteiger partial charge in [0.2, 0.25) is 0 Å². The van der Waals surface area contributed by atoms with Gasteiger partial charge in [-0.05, 0) is 17.7 Å². The third-order valence-electron chi connectivity index (χ3n) is 5.55. The van der Waals surface area contributed by atoms with Gasteiger partial charge in [-0.25, -0.2) is 26.7 Å². The van der Waals surface area contributed by atoms with E-state index in [2.05, 4.69) is 15.3 Å². The predicted molar refractivity (Wildman–Crippen MR) is 115 cm³/mol. The monoisotopic (exact) mass is 501 g/mol. The number of nitrogens with one attached hydrogen (secondary N) is 1. The predicted octanol–water partition coefficient (Wildman–Crippen LogP) is 3.10. The highest BCUT2D eigenvalue weighted by molar-refractivity contribution is 7.91. The highest BCUT2D eigenvalue weighted by Crippen LogP contribution is 2.32. The first-order valence-electron chi connectivity index (χ1n) is 9.98. The van der Waals surface area contributed by atoms with Gasteiger partial charge in [0.05, 0.1) is 24.2 Å². The lowest BCUT2D eigenvalue weighted by atomic mass is 10.1. The molecule has 13 heteroatoms. The number of alkyl halides is 2. The molecule has 1 aliphatic rings. The average Bonchev–Trinajstić information content (AvgIpc) is 3.15. The number of halogens is 4. The molecule has 4 rings (SSSR count). The van der Waals surface area contributed by atoms with Crippen molar-refractivity contribution in [2.24, 2.45) is 0 Å². The Bertz CT molecular complexity index is 1370. The van der Waals surface area contributed by atoms with E-state index in [9.17, 15) is 26.4 Å². The van der Waals surface area contributed by atoms with Crippen LogP contribution < -0.4 is 10.5 Å². The Balaban J connectivity index is 1.79. The van der Waals surface area contributed by atoms with Crippen LogP contribution in [-0.2, 0) is 29.3 Å². The van der Waals surface area contributed by atoms with Crippen molar-refractivity contribution >= 4 is 27.1 Å². The van der Waals surface area contributed by atoms with Crippen LogP contribution in [0.5, 0.6) is 0 Å². The Kier molecular flexibility index (Phi) is 6.23. The van der Waals surface area contributed by atoms with Gasteiger partial charge in [-0.1, -0.05) is 24.6 Å². The molecule has 0 fully saturated rings. The van der Waals surface area contributed by atoms with E-state index < -0.39 is 33.2 Å². The molecular formula is C20H19ClF3N5O3S. The summed E-state index contributed by atoms with van der Waals surface area (Å²) in [5, 5.41) is 10.0. The molecule has 3 aromatic rings. The van der Waals surface area contributed by atoms with E-state index in [1.54, 1.807) is 4.90 Å². The van der Waals surface area contributed by atoms with Gasteiger partial charge in [0.1, 0.15) is 10.8 Å². The molecule has 0 bridgehead atoms. The SMILES string of the molecule is CCS(=O)(=O)c1nn(Cc2ccc(F)cc2C(F)F)c2c1CN(c1cn[nH]c(=O)c1Cl)CC2. The fraction of sp³-hybridized carbons (Fsp3) is 0.350. The smallest absolute Gasteiger partial charge is 0.285 e. The lowest BCUT2D eigenvalue weighted by molar-refractivity contribution is 0.149. The summed E-state index contributed by atoms with van der Waals surface area (Å²) in [6.07, 6.45) is -1.21. The Morgan fingerprint density at radius 2 is 2.06 bits per heavy atom. The normalized spacial score (nSPS) is 14.1. The van der Waals surface area contributed by atoms with E-state index >= 15 is 0 Å². The van der Waals surface area contributed by atoms with E-state index in [1.807, 2.05) is 0 Å². The van der Waals surface area contributed by atoms with Crippen molar-refractivity contribution in [1.29, 1.82) is 0 Å². The Morgan fingerprint density at radius 1 is 1.30 bits per heavy atom. The van der Waals surface area contributed by atoms with Crippen molar-refractivity contribution in [3.05, 3.63) is 68.0 Å². The highest BCUT2D eigenvalue weighted by atomic mass is 35.5. The second-order valence-electron chi connectivity index (χ2n) is 7.51. The molecule has 0 atom stereocenters. The van der Waals surface area contributed by atoms with Crippen LogP contribution in [0.1, 0.15) is 35.7 Å². The summed E-state index contributed by atoms with van der Waals surface area (Å²) in [7, 11) is -3.75. The first-order chi connectivity index (χ1) is 15.6. The number of aromatic amines is 1. The summed E-state index contributed by atoms with van der Waals surface area (Å²) in [5.74, 6) is -0.993. The van der Waals surface area contributed by atoms with Crippen molar-refractivity contribution in [1.82, 2.24) is 20.0 Å². The molecule has 0 aliphatic carbocycles. The molecule has 1 aromatic carbocycles. The van der Waals surface area contributed by atoms with E-state index in [0.717, 1.165) is 12.1 Å². The average molecular weight is 502 g/mol. The van der Waals surface area contributed by atoms with Crippen molar-refractivity contribution in [2.45, 2.75) is 37.9 Å². The van der Waals surface area contributed by atoms with Crippen LogP contribution in [-0.4, -0.2) is 40.7 Å². The first-order valence-corrected chi connectivity index (χ1v) is 12.0. The summed E-state index contributed by atoms with van der Waals surface area (Å²) in [6, 6.07) is 3.09. The number of benzene rings is 1. The van der Waals surface area contributed by atoms with Gasteiger partial charge in [-0.3, -0.25) is 9.48 Å². The van der Waals surface area contributed by atoms with Crippen LogP contribution in [0.25, 0.3) is 0 Å². The molecule has 0 saturated heterocycles. The van der Waals surface area contributed by atoms with Crippen LogP contribution in [0.3, 0.4) is 0 Å². The third kappa shape index (κ3) is 4.36. The number of rotatable bonds is 6. The number of fused-ring (bicyclic) bond motifs is 1. The lowest BCUT2D eigenvalue weighted by Crippen LogP contribution is -2.33. The van der Waals surface area contributed by atoms with E-state index in [1.165, 1.54) is 23.9 Å². The van der Waals surface area contributed by atoms with Crippen molar-refractivity contribution in [2.75, 3.05) is 17.2 Å². The molecule has 0 saturated carbocycles. The van der Waals surface area contributed by atoms with Gasteiger partial charge >= 0.3 is 0 Å². The molecule has 3 heterocycles. The van der Waals surface area contributed by atoms with E-state index in [4.69, 9.17) is 11.6 Å². The van der Waals surface area contributed by atoms with E-state index in [-0.39, 0.29) is 34.5 Å². The molecule has 0 spiro atoms. The molecule has 8 nitrogen and oxygen atoms in total. The zero-order valence-electron chi connectivity index (χ0n) is 17.4. The summed E-state index contributed by atoms with van der Waals surface area (Å²) >= 11 is 6.12. The number of H-pyrrole nitrogens is 1. The van der Waals surface area contributed by atoms with Gasteiger partial charge in [0, 0.05) is 36.3 Å². The maximum atomic E-state index is 13.5. The Hall–Kier alpha value is -2.86. The van der Waals surface area contributed by atoms with Crippen LogP contribution >= 0.6 is 11.6 Å². The summed E-state index contributed by atoms with van der Waals surface area (Å²) in [4.78, 5) is 13.6. The highest BCUT2D eigenvalue weighted by Gasteiger charge is 2.32. The fourth-order valence-electron chi connectivity index (χ4n) is 3.85. The topological polar surface area (TPSA) is 101 Å². The third-order valence-corrected chi connectivity index (χ3v) is 7.60. The number of anilines is 1. The van der Waals surface area contributed by atoms with E-state index in [0.29, 0.717) is 29.9 Å². The molecule has 1 N–H and O–H groups in total. The van der Waals surface area contributed by atoms with Gasteiger partial charge in [0.25, 0.3) is 12.0 Å². The minimum absolute atomic E-state index is 0.0753. The van der Waals surface area contributed by atoms with Crippen LogP contribution in [0, 0.1) is 5.82 Å². The number of hydrogen-bond donors (Lipinski definition) is 1. The molecule has 2 aromatic heterocycles. The Morgan fingerprint density at radius 3 is 2.76 bits per heavy atom. The molecule has 176 valence electrons. The number of sulfone groups is 1. The minimum Gasteiger partial charge on any atom is -0.364 e. The van der Waals surface area contributed by atoms with Gasteiger partial charge < -0.3 is 4.90 Å². The number of nitrogens with zero attached hydrogens (tertiary/aromatic N) is 4.